The van der Waals surface area contributed by atoms with Gasteiger partial charge in [-0.2, -0.15) is 12.6 Å². The molecule has 14 nitrogen and oxygen atoms in total. The number of nitrogens with one attached hydrogen (secondary N) is 3. The summed E-state index contributed by atoms with van der Waals surface area (Å²) in [6.07, 6.45) is -0.0756. The second-order valence-corrected chi connectivity index (χ2v) is 8.75. The van der Waals surface area contributed by atoms with Crippen molar-refractivity contribution < 1.29 is 34.2 Å². The highest BCUT2D eigenvalue weighted by molar-refractivity contribution is 7.80. The van der Waals surface area contributed by atoms with E-state index in [2.05, 4.69) is 33.6 Å². The SMILES string of the molecule is NC(N)=NCCCC(N)C(=O)NC(Cc1ccccc1)C(=O)NC(CS)C(=O)NC(CCC(=O)O)C(=O)O. The summed E-state index contributed by atoms with van der Waals surface area (Å²) in [6, 6.07) is 4.00. The van der Waals surface area contributed by atoms with Gasteiger partial charge in [-0.15, -0.1) is 0 Å². The monoisotopic (exact) mass is 553 g/mol. The minimum atomic E-state index is -1.48. The quantitative estimate of drug-likeness (QED) is 0.0441. The number of carboxylic acids is 2. The Balaban J connectivity index is 2.93. The van der Waals surface area contributed by atoms with E-state index < -0.39 is 60.2 Å². The molecule has 0 fully saturated rings. The smallest absolute Gasteiger partial charge is 0.326 e. The molecule has 1 rings (SSSR count). The van der Waals surface area contributed by atoms with Crippen LogP contribution in [0.15, 0.2) is 35.3 Å². The van der Waals surface area contributed by atoms with E-state index in [1.807, 2.05) is 0 Å². The second kappa shape index (κ2) is 16.8. The molecular formula is C23H35N7O7S. The zero-order valence-electron chi connectivity index (χ0n) is 20.7. The molecule has 0 aliphatic carbocycles. The molecule has 0 heterocycles. The maximum Gasteiger partial charge on any atom is 0.326 e. The predicted molar refractivity (Wildman–Crippen MR) is 142 cm³/mol. The molecule has 0 saturated heterocycles. The lowest BCUT2D eigenvalue weighted by Gasteiger charge is -2.24. The number of carbonyl (C=O) groups excluding carboxylic acids is 3. The van der Waals surface area contributed by atoms with Crippen LogP contribution in [0.2, 0.25) is 0 Å². The van der Waals surface area contributed by atoms with Gasteiger partial charge in [0.25, 0.3) is 0 Å². The van der Waals surface area contributed by atoms with Crippen molar-refractivity contribution in [2.24, 2.45) is 22.2 Å². The Morgan fingerprint density at radius 2 is 1.45 bits per heavy atom. The first-order chi connectivity index (χ1) is 17.9. The molecule has 4 atom stereocenters. The van der Waals surface area contributed by atoms with Gasteiger partial charge in [0, 0.05) is 25.1 Å². The van der Waals surface area contributed by atoms with Crippen LogP contribution in [0.4, 0.5) is 0 Å². The van der Waals surface area contributed by atoms with Crippen LogP contribution in [0.5, 0.6) is 0 Å². The highest BCUT2D eigenvalue weighted by atomic mass is 32.1. The van der Waals surface area contributed by atoms with Crippen molar-refractivity contribution in [2.75, 3.05) is 12.3 Å². The average molecular weight is 554 g/mol. The van der Waals surface area contributed by atoms with Crippen LogP contribution in [0, 0.1) is 0 Å². The van der Waals surface area contributed by atoms with E-state index in [1.165, 1.54) is 0 Å². The van der Waals surface area contributed by atoms with Crippen LogP contribution < -0.4 is 33.2 Å². The van der Waals surface area contributed by atoms with Gasteiger partial charge in [0.2, 0.25) is 17.7 Å². The van der Waals surface area contributed by atoms with Crippen molar-refractivity contribution in [2.45, 2.75) is 56.3 Å². The van der Waals surface area contributed by atoms with Crippen molar-refractivity contribution in [3.05, 3.63) is 35.9 Å². The Bertz CT molecular complexity index is 990. The number of rotatable bonds is 17. The Kier molecular flexibility index (Phi) is 14.2. The number of aliphatic carboxylic acids is 2. The molecule has 0 aliphatic heterocycles. The van der Waals surface area contributed by atoms with E-state index in [1.54, 1.807) is 30.3 Å². The van der Waals surface area contributed by atoms with Crippen LogP contribution in [0.1, 0.15) is 31.2 Å². The minimum absolute atomic E-state index is 0.0798. The summed E-state index contributed by atoms with van der Waals surface area (Å²) in [4.78, 5) is 64.5. The summed E-state index contributed by atoms with van der Waals surface area (Å²) >= 11 is 4.07. The molecule has 1 aromatic rings. The molecule has 0 radical (unpaired) electrons. The molecule has 0 aromatic heterocycles. The average Bonchev–Trinajstić information content (AvgIpc) is 2.86. The predicted octanol–water partition coefficient (Wildman–Crippen LogP) is -2.06. The molecule has 1 aromatic carbocycles. The van der Waals surface area contributed by atoms with Crippen LogP contribution >= 0.6 is 12.6 Å². The lowest BCUT2D eigenvalue weighted by atomic mass is 10.0. The summed E-state index contributed by atoms with van der Waals surface area (Å²) in [6.45, 7) is 0.278. The number of guanidine groups is 1. The van der Waals surface area contributed by atoms with Crippen LogP contribution in [0.25, 0.3) is 0 Å². The molecule has 0 saturated carbocycles. The Morgan fingerprint density at radius 1 is 0.868 bits per heavy atom. The van der Waals surface area contributed by atoms with Gasteiger partial charge in [-0.25, -0.2) is 4.79 Å². The largest absolute Gasteiger partial charge is 0.481 e. The van der Waals surface area contributed by atoms with E-state index >= 15 is 0 Å². The fraction of sp³-hybridized carbons (Fsp3) is 0.478. The third-order valence-corrected chi connectivity index (χ3v) is 5.66. The normalized spacial score (nSPS) is 13.7. The molecule has 15 heteroatoms. The topological polar surface area (TPSA) is 252 Å². The number of benzene rings is 1. The number of aliphatic imine (C=N–C) groups is 1. The summed E-state index contributed by atoms with van der Waals surface area (Å²) in [5.41, 5.74) is 17.2. The third kappa shape index (κ3) is 12.4. The first-order valence-electron chi connectivity index (χ1n) is 11.8. The number of nitrogens with two attached hydrogens (primary N) is 3. The number of carboxylic acid groups (broad SMARTS) is 2. The number of carbonyl (C=O) groups is 5. The zero-order chi connectivity index (χ0) is 28.7. The van der Waals surface area contributed by atoms with Crippen molar-refractivity contribution in [1.29, 1.82) is 0 Å². The fourth-order valence-electron chi connectivity index (χ4n) is 3.25. The maximum atomic E-state index is 13.1. The van der Waals surface area contributed by atoms with E-state index in [-0.39, 0.29) is 37.5 Å². The first-order valence-corrected chi connectivity index (χ1v) is 12.4. The van der Waals surface area contributed by atoms with Crippen molar-refractivity contribution >= 4 is 48.2 Å². The van der Waals surface area contributed by atoms with E-state index in [0.29, 0.717) is 6.42 Å². The van der Waals surface area contributed by atoms with Crippen molar-refractivity contribution in [3.8, 4) is 0 Å². The number of hydrogen-bond acceptors (Lipinski definition) is 8. The molecule has 0 bridgehead atoms. The second-order valence-electron chi connectivity index (χ2n) is 8.38. The van der Waals surface area contributed by atoms with Crippen LogP contribution in [-0.2, 0) is 30.4 Å². The number of thiol groups is 1. The van der Waals surface area contributed by atoms with E-state index in [4.69, 9.17) is 22.3 Å². The Morgan fingerprint density at radius 3 is 2.00 bits per heavy atom. The standard InChI is InChI=1S/C23H35N7O7S/c24-14(7-4-10-27-23(25)26)19(33)29-16(11-13-5-2-1-3-6-13)20(34)30-17(12-38)21(35)28-15(22(36)37)8-9-18(31)32/h1-3,5-6,14-17,38H,4,7-12,24H2,(H,28,35)(H,29,33)(H,30,34)(H,31,32)(H,36,37)(H4,25,26,27). The molecule has 0 spiro atoms. The van der Waals surface area contributed by atoms with Gasteiger partial charge in [-0.3, -0.25) is 24.2 Å². The zero-order valence-corrected chi connectivity index (χ0v) is 21.6. The summed E-state index contributed by atoms with van der Waals surface area (Å²) in [5, 5.41) is 25.4. The maximum absolute atomic E-state index is 13.1. The molecular weight excluding hydrogens is 518 g/mol. The Hall–Kier alpha value is -3.85. The minimum Gasteiger partial charge on any atom is -0.481 e. The van der Waals surface area contributed by atoms with Crippen molar-refractivity contribution in [3.63, 3.8) is 0 Å². The summed E-state index contributed by atoms with van der Waals surface area (Å²) in [7, 11) is 0. The lowest BCUT2D eigenvalue weighted by Crippen LogP contribution is -2.58. The van der Waals surface area contributed by atoms with Crippen LogP contribution in [-0.4, -0.2) is 82.3 Å². The molecule has 3 amide bonds. The summed E-state index contributed by atoms with van der Waals surface area (Å²) < 4.78 is 0. The highest BCUT2D eigenvalue weighted by Crippen LogP contribution is 2.06. The first kappa shape index (κ1) is 32.2. The van der Waals surface area contributed by atoms with Gasteiger partial charge in [0.05, 0.1) is 6.04 Å². The van der Waals surface area contributed by atoms with Crippen LogP contribution in [0.3, 0.4) is 0 Å². The molecule has 11 N–H and O–H groups in total. The van der Waals surface area contributed by atoms with Gasteiger partial charge < -0.3 is 43.4 Å². The fourth-order valence-corrected chi connectivity index (χ4v) is 3.51. The van der Waals surface area contributed by atoms with Gasteiger partial charge in [0.15, 0.2) is 5.96 Å². The number of hydrogen-bond donors (Lipinski definition) is 9. The van der Waals surface area contributed by atoms with Gasteiger partial charge in [-0.1, -0.05) is 30.3 Å². The summed E-state index contributed by atoms with van der Waals surface area (Å²) in [5.74, 6) is -5.11. The van der Waals surface area contributed by atoms with Gasteiger partial charge in [0.1, 0.15) is 18.1 Å². The third-order valence-electron chi connectivity index (χ3n) is 5.30. The molecule has 210 valence electrons. The molecule has 38 heavy (non-hydrogen) atoms. The van der Waals surface area contributed by atoms with E-state index in [0.717, 1.165) is 5.56 Å². The Labute approximate surface area is 225 Å². The van der Waals surface area contributed by atoms with Gasteiger partial charge in [-0.05, 0) is 24.8 Å². The molecule has 0 aliphatic rings. The highest BCUT2D eigenvalue weighted by Gasteiger charge is 2.30. The van der Waals surface area contributed by atoms with Crippen molar-refractivity contribution in [1.82, 2.24) is 16.0 Å². The van der Waals surface area contributed by atoms with E-state index in [9.17, 15) is 29.1 Å². The number of nitrogens with zero attached hydrogens (tertiary/aromatic N) is 1. The lowest BCUT2D eigenvalue weighted by molar-refractivity contribution is -0.143. The molecule has 4 unspecified atom stereocenters. The number of amides is 3. The van der Waals surface area contributed by atoms with Gasteiger partial charge >= 0.3 is 11.9 Å².